The zero-order chi connectivity index (χ0) is 16.6. The minimum atomic E-state index is 0.0911. The Kier molecular flexibility index (Phi) is 4.74. The molecule has 0 aromatic heterocycles. The number of carbonyl (C=O) groups is 1. The first-order valence-corrected chi connectivity index (χ1v) is 8.76. The number of likely N-dealkylation sites (N-methyl/N-ethyl adjacent to an activating group) is 1. The third-order valence-corrected chi connectivity index (χ3v) is 5.41. The van der Waals surface area contributed by atoms with E-state index in [0.717, 1.165) is 16.8 Å². The molecule has 0 aliphatic carbocycles. The normalized spacial score (nSPS) is 26.6. The van der Waals surface area contributed by atoms with Gasteiger partial charge in [-0.3, -0.25) is 9.69 Å². The second-order valence-electron chi connectivity index (χ2n) is 7.50. The summed E-state index contributed by atoms with van der Waals surface area (Å²) in [5.74, 6) is 0.0911. The molecule has 2 heterocycles. The van der Waals surface area contributed by atoms with E-state index in [2.05, 4.69) is 55.5 Å². The minimum absolute atomic E-state index is 0.0911. The van der Waals surface area contributed by atoms with Crippen molar-refractivity contribution in [3.63, 3.8) is 0 Å². The Morgan fingerprint density at radius 2 is 1.74 bits per heavy atom. The molecule has 2 aliphatic rings. The van der Waals surface area contributed by atoms with Crippen LogP contribution in [0.15, 0.2) is 12.1 Å². The number of nitrogens with one attached hydrogen (secondary N) is 2. The monoisotopic (exact) mass is 315 g/mol. The number of benzene rings is 1. The molecule has 2 N–H and O–H groups in total. The standard InChI is InChI=1S/C19H29N3O/c1-12-7-13(2)19(14(3)8-12)21-18(23)11-22(4)17-9-15-5-6-16(10-17)20-15/h7-8,15-17,20H,5-6,9-11H2,1-4H3,(H,21,23). The lowest BCUT2D eigenvalue weighted by Gasteiger charge is -2.35. The predicted octanol–water partition coefficient (Wildman–Crippen LogP) is 2.77. The number of carbonyl (C=O) groups excluding carboxylic acids is 1. The number of hydrogen-bond acceptors (Lipinski definition) is 3. The van der Waals surface area contributed by atoms with Gasteiger partial charge in [-0.1, -0.05) is 17.7 Å². The highest BCUT2D eigenvalue weighted by Crippen LogP contribution is 2.29. The van der Waals surface area contributed by atoms with Gasteiger partial charge >= 0.3 is 0 Å². The maximum absolute atomic E-state index is 12.5. The molecule has 1 aromatic carbocycles. The number of piperidine rings is 1. The topological polar surface area (TPSA) is 44.4 Å². The van der Waals surface area contributed by atoms with Crippen LogP contribution in [0.5, 0.6) is 0 Å². The molecule has 126 valence electrons. The van der Waals surface area contributed by atoms with Gasteiger partial charge < -0.3 is 10.6 Å². The third kappa shape index (κ3) is 3.75. The van der Waals surface area contributed by atoms with Crippen molar-refractivity contribution in [2.75, 3.05) is 18.9 Å². The molecule has 2 fully saturated rings. The summed E-state index contributed by atoms with van der Waals surface area (Å²) in [5, 5.41) is 6.78. The van der Waals surface area contributed by atoms with Crippen LogP contribution in [0.2, 0.25) is 0 Å². The summed E-state index contributed by atoms with van der Waals surface area (Å²) in [6.07, 6.45) is 4.93. The fourth-order valence-corrected chi connectivity index (χ4v) is 4.30. The van der Waals surface area contributed by atoms with Crippen LogP contribution in [0, 0.1) is 20.8 Å². The largest absolute Gasteiger partial charge is 0.324 e. The van der Waals surface area contributed by atoms with E-state index >= 15 is 0 Å². The molecule has 2 atom stereocenters. The quantitative estimate of drug-likeness (QED) is 0.898. The van der Waals surface area contributed by atoms with Gasteiger partial charge in [0.1, 0.15) is 0 Å². The molecular weight excluding hydrogens is 286 g/mol. The van der Waals surface area contributed by atoms with Crippen molar-refractivity contribution in [1.82, 2.24) is 10.2 Å². The van der Waals surface area contributed by atoms with Crippen LogP contribution in [0.25, 0.3) is 0 Å². The second kappa shape index (κ2) is 6.62. The zero-order valence-electron chi connectivity index (χ0n) is 14.8. The van der Waals surface area contributed by atoms with Gasteiger partial charge in [0.2, 0.25) is 5.91 Å². The van der Waals surface area contributed by atoms with Gasteiger partial charge in [-0.2, -0.15) is 0 Å². The molecule has 2 aliphatic heterocycles. The minimum Gasteiger partial charge on any atom is -0.324 e. The molecule has 23 heavy (non-hydrogen) atoms. The van der Waals surface area contributed by atoms with Crippen LogP contribution in [-0.4, -0.2) is 42.5 Å². The van der Waals surface area contributed by atoms with Crippen molar-refractivity contribution in [2.24, 2.45) is 0 Å². The first-order chi connectivity index (χ1) is 10.9. The van der Waals surface area contributed by atoms with Crippen molar-refractivity contribution in [1.29, 1.82) is 0 Å². The lowest BCUT2D eigenvalue weighted by Crippen LogP contribution is -2.48. The maximum atomic E-state index is 12.5. The number of hydrogen-bond donors (Lipinski definition) is 2. The first-order valence-electron chi connectivity index (χ1n) is 8.76. The summed E-state index contributed by atoms with van der Waals surface area (Å²) in [6.45, 7) is 6.68. The van der Waals surface area contributed by atoms with Crippen LogP contribution < -0.4 is 10.6 Å². The Hall–Kier alpha value is -1.39. The van der Waals surface area contributed by atoms with E-state index < -0.39 is 0 Å². The van der Waals surface area contributed by atoms with E-state index in [9.17, 15) is 4.79 Å². The first kappa shape index (κ1) is 16.5. The number of anilines is 1. The number of fused-ring (bicyclic) bond motifs is 2. The molecule has 2 bridgehead atoms. The molecule has 0 radical (unpaired) electrons. The molecule has 1 aromatic rings. The number of amides is 1. The molecular formula is C19H29N3O. The molecule has 3 rings (SSSR count). The molecule has 4 heteroatoms. The van der Waals surface area contributed by atoms with E-state index in [1.165, 1.54) is 31.2 Å². The Bertz CT molecular complexity index is 563. The van der Waals surface area contributed by atoms with Crippen LogP contribution in [0.4, 0.5) is 5.69 Å². The summed E-state index contributed by atoms with van der Waals surface area (Å²) in [6, 6.07) is 6.09. The highest BCUT2D eigenvalue weighted by Gasteiger charge is 2.35. The average molecular weight is 315 g/mol. The summed E-state index contributed by atoms with van der Waals surface area (Å²) < 4.78 is 0. The molecule has 2 saturated heterocycles. The number of aryl methyl sites for hydroxylation is 3. The Morgan fingerprint density at radius 3 is 2.30 bits per heavy atom. The van der Waals surface area contributed by atoms with Crippen LogP contribution in [0.1, 0.15) is 42.4 Å². The van der Waals surface area contributed by atoms with E-state index in [-0.39, 0.29) is 5.91 Å². The fourth-order valence-electron chi connectivity index (χ4n) is 4.30. The van der Waals surface area contributed by atoms with Crippen molar-refractivity contribution in [2.45, 2.75) is 64.6 Å². The van der Waals surface area contributed by atoms with Gasteiger partial charge in [-0.15, -0.1) is 0 Å². The summed E-state index contributed by atoms with van der Waals surface area (Å²) in [4.78, 5) is 14.7. The molecule has 0 saturated carbocycles. The van der Waals surface area contributed by atoms with Crippen LogP contribution in [-0.2, 0) is 4.79 Å². The molecule has 2 unspecified atom stereocenters. The van der Waals surface area contributed by atoms with Crippen LogP contribution in [0.3, 0.4) is 0 Å². The number of nitrogens with zero attached hydrogens (tertiary/aromatic N) is 1. The van der Waals surface area contributed by atoms with Gasteiger partial charge in [-0.05, 0) is 64.6 Å². The molecule has 4 nitrogen and oxygen atoms in total. The van der Waals surface area contributed by atoms with Gasteiger partial charge in [0, 0.05) is 23.8 Å². The van der Waals surface area contributed by atoms with Gasteiger partial charge in [0.05, 0.1) is 6.54 Å². The Morgan fingerprint density at radius 1 is 1.17 bits per heavy atom. The Balaban J connectivity index is 1.59. The van der Waals surface area contributed by atoms with Crippen molar-refractivity contribution in [3.05, 3.63) is 28.8 Å². The molecule has 0 spiro atoms. The fraction of sp³-hybridized carbons (Fsp3) is 0.632. The van der Waals surface area contributed by atoms with Gasteiger partial charge in [0.25, 0.3) is 0 Å². The SMILES string of the molecule is Cc1cc(C)c(NC(=O)CN(C)C2CC3CCC(C2)N3)c(C)c1. The van der Waals surface area contributed by atoms with Crippen molar-refractivity contribution >= 4 is 11.6 Å². The summed E-state index contributed by atoms with van der Waals surface area (Å²) in [7, 11) is 2.09. The predicted molar refractivity (Wildman–Crippen MR) is 94.9 cm³/mol. The zero-order valence-corrected chi connectivity index (χ0v) is 14.8. The lowest BCUT2D eigenvalue weighted by atomic mass is 9.98. The average Bonchev–Trinajstić information content (AvgIpc) is 2.81. The number of rotatable bonds is 4. The smallest absolute Gasteiger partial charge is 0.238 e. The Labute approximate surface area is 139 Å². The van der Waals surface area contributed by atoms with E-state index in [1.54, 1.807) is 0 Å². The lowest BCUT2D eigenvalue weighted by molar-refractivity contribution is -0.117. The highest BCUT2D eigenvalue weighted by molar-refractivity contribution is 5.93. The maximum Gasteiger partial charge on any atom is 0.238 e. The van der Waals surface area contributed by atoms with Crippen molar-refractivity contribution in [3.8, 4) is 0 Å². The highest BCUT2D eigenvalue weighted by atomic mass is 16.2. The third-order valence-electron chi connectivity index (χ3n) is 5.41. The van der Waals surface area contributed by atoms with E-state index in [4.69, 9.17) is 0 Å². The second-order valence-corrected chi connectivity index (χ2v) is 7.50. The summed E-state index contributed by atoms with van der Waals surface area (Å²) in [5.41, 5.74) is 4.48. The van der Waals surface area contributed by atoms with Crippen LogP contribution >= 0.6 is 0 Å². The van der Waals surface area contributed by atoms with E-state index in [1.807, 2.05) is 0 Å². The van der Waals surface area contributed by atoms with E-state index in [0.29, 0.717) is 24.7 Å². The van der Waals surface area contributed by atoms with Gasteiger partial charge in [0.15, 0.2) is 0 Å². The summed E-state index contributed by atoms with van der Waals surface area (Å²) >= 11 is 0. The van der Waals surface area contributed by atoms with Gasteiger partial charge in [-0.25, -0.2) is 0 Å². The molecule has 1 amide bonds. The van der Waals surface area contributed by atoms with Crippen molar-refractivity contribution < 1.29 is 4.79 Å².